The average Bonchev–Trinajstić information content (AvgIpc) is 2.71. The molecule has 0 spiro atoms. The SMILES string of the molecule is CCC(c1nc2ccccc2c(=O)n1-c1ccc(Cl)cc1C)N(CC)C(=O)C1CCC1. The number of aryl methyl sites for hydroxylation is 1. The van der Waals surface area contributed by atoms with E-state index in [0.717, 1.165) is 30.5 Å². The van der Waals surface area contributed by atoms with Crippen molar-refractivity contribution in [2.75, 3.05) is 6.54 Å². The second kappa shape index (κ2) is 8.83. The molecule has 0 N–H and O–H groups in total. The first-order valence-corrected chi connectivity index (χ1v) is 11.4. The van der Waals surface area contributed by atoms with Gasteiger partial charge in [0.05, 0.1) is 22.6 Å². The summed E-state index contributed by atoms with van der Waals surface area (Å²) in [5.74, 6) is 0.862. The van der Waals surface area contributed by atoms with Crippen molar-refractivity contribution in [3.05, 3.63) is 69.2 Å². The van der Waals surface area contributed by atoms with Crippen LogP contribution < -0.4 is 5.56 Å². The Bertz CT molecular complexity index is 1180. The van der Waals surface area contributed by atoms with Crippen molar-refractivity contribution in [3.63, 3.8) is 0 Å². The number of amides is 1. The summed E-state index contributed by atoms with van der Waals surface area (Å²) < 4.78 is 1.68. The number of hydrogen-bond donors (Lipinski definition) is 0. The molecule has 1 saturated carbocycles. The van der Waals surface area contributed by atoms with Gasteiger partial charge < -0.3 is 4.90 Å². The van der Waals surface area contributed by atoms with E-state index in [2.05, 4.69) is 0 Å². The van der Waals surface area contributed by atoms with E-state index in [1.165, 1.54) is 0 Å². The van der Waals surface area contributed by atoms with E-state index in [9.17, 15) is 9.59 Å². The van der Waals surface area contributed by atoms with Gasteiger partial charge in [0, 0.05) is 17.5 Å². The van der Waals surface area contributed by atoms with Crippen LogP contribution in [0.1, 0.15) is 57.0 Å². The van der Waals surface area contributed by atoms with Crippen molar-refractivity contribution in [2.24, 2.45) is 5.92 Å². The lowest BCUT2D eigenvalue weighted by molar-refractivity contribution is -0.140. The third-order valence-electron chi connectivity index (χ3n) is 6.34. The Morgan fingerprint density at radius 3 is 2.58 bits per heavy atom. The molecule has 0 aliphatic heterocycles. The van der Waals surface area contributed by atoms with Gasteiger partial charge in [0.1, 0.15) is 5.82 Å². The summed E-state index contributed by atoms with van der Waals surface area (Å²) in [5.41, 5.74) is 2.15. The number of para-hydroxylation sites is 1. The van der Waals surface area contributed by atoms with Crippen molar-refractivity contribution in [2.45, 2.75) is 52.5 Å². The number of carbonyl (C=O) groups excluding carboxylic acids is 1. The molecule has 1 aliphatic carbocycles. The Labute approximate surface area is 187 Å². The van der Waals surface area contributed by atoms with E-state index in [0.29, 0.717) is 34.7 Å². The van der Waals surface area contributed by atoms with Gasteiger partial charge in [-0.15, -0.1) is 0 Å². The van der Waals surface area contributed by atoms with Crippen molar-refractivity contribution in [3.8, 4) is 5.69 Å². The number of hydrogen-bond acceptors (Lipinski definition) is 3. The van der Waals surface area contributed by atoms with Crippen molar-refractivity contribution in [1.29, 1.82) is 0 Å². The molecule has 0 bridgehead atoms. The minimum absolute atomic E-state index is 0.0897. The molecule has 1 fully saturated rings. The third-order valence-corrected chi connectivity index (χ3v) is 6.58. The van der Waals surface area contributed by atoms with Gasteiger partial charge >= 0.3 is 0 Å². The van der Waals surface area contributed by atoms with Crippen molar-refractivity contribution in [1.82, 2.24) is 14.5 Å². The van der Waals surface area contributed by atoms with Crippen LogP contribution in [0.3, 0.4) is 0 Å². The maximum absolute atomic E-state index is 13.7. The molecule has 3 aromatic rings. The molecular formula is C25H28ClN3O2. The Morgan fingerprint density at radius 1 is 1.23 bits per heavy atom. The van der Waals surface area contributed by atoms with Crippen molar-refractivity contribution < 1.29 is 4.79 Å². The largest absolute Gasteiger partial charge is 0.333 e. The molecule has 1 heterocycles. The first-order chi connectivity index (χ1) is 15.0. The van der Waals surface area contributed by atoms with Gasteiger partial charge in [0.25, 0.3) is 5.56 Å². The van der Waals surface area contributed by atoms with E-state index in [-0.39, 0.29) is 23.4 Å². The molecule has 2 aromatic carbocycles. The number of rotatable bonds is 6. The minimum atomic E-state index is -0.287. The van der Waals surface area contributed by atoms with Crippen molar-refractivity contribution >= 4 is 28.4 Å². The van der Waals surface area contributed by atoms with Crippen LogP contribution in [0.15, 0.2) is 47.3 Å². The lowest BCUT2D eigenvalue weighted by Gasteiger charge is -2.36. The Hall–Kier alpha value is -2.66. The van der Waals surface area contributed by atoms with Crippen LogP contribution in [-0.2, 0) is 4.79 Å². The normalized spacial score (nSPS) is 15.0. The second-order valence-electron chi connectivity index (χ2n) is 8.23. The summed E-state index contributed by atoms with van der Waals surface area (Å²) in [6.07, 6.45) is 3.66. The van der Waals surface area contributed by atoms with Crippen LogP contribution in [0.5, 0.6) is 0 Å². The Kier molecular flexibility index (Phi) is 6.15. The number of fused-ring (bicyclic) bond motifs is 1. The third kappa shape index (κ3) is 3.87. The molecular weight excluding hydrogens is 410 g/mol. The first-order valence-electron chi connectivity index (χ1n) is 11.0. The van der Waals surface area contributed by atoms with Crippen LogP contribution in [0.25, 0.3) is 16.6 Å². The maximum atomic E-state index is 13.7. The van der Waals surface area contributed by atoms with E-state index in [1.54, 1.807) is 16.7 Å². The van der Waals surface area contributed by atoms with Crippen LogP contribution in [0, 0.1) is 12.8 Å². The summed E-state index contributed by atoms with van der Waals surface area (Å²) in [6.45, 7) is 6.55. The van der Waals surface area contributed by atoms with Crippen LogP contribution in [-0.4, -0.2) is 26.9 Å². The zero-order valence-electron chi connectivity index (χ0n) is 18.3. The van der Waals surface area contributed by atoms with Crippen LogP contribution in [0.4, 0.5) is 0 Å². The summed E-state index contributed by atoms with van der Waals surface area (Å²) in [7, 11) is 0. The number of benzene rings is 2. The molecule has 6 heteroatoms. The van der Waals surface area contributed by atoms with E-state index < -0.39 is 0 Å². The number of aromatic nitrogens is 2. The molecule has 5 nitrogen and oxygen atoms in total. The molecule has 0 radical (unpaired) electrons. The zero-order chi connectivity index (χ0) is 22.1. The Balaban J connectivity index is 1.96. The highest BCUT2D eigenvalue weighted by Gasteiger charge is 2.34. The molecule has 1 atom stereocenters. The number of carbonyl (C=O) groups is 1. The van der Waals surface area contributed by atoms with Gasteiger partial charge in [0.15, 0.2) is 0 Å². The summed E-state index contributed by atoms with van der Waals surface area (Å²) >= 11 is 6.18. The monoisotopic (exact) mass is 437 g/mol. The lowest BCUT2D eigenvalue weighted by atomic mass is 9.84. The van der Waals surface area contributed by atoms with Crippen LogP contribution >= 0.6 is 11.6 Å². The first kappa shape index (κ1) is 21.6. The highest BCUT2D eigenvalue weighted by Crippen LogP contribution is 2.33. The second-order valence-corrected chi connectivity index (χ2v) is 8.67. The zero-order valence-corrected chi connectivity index (χ0v) is 19.0. The van der Waals surface area contributed by atoms with E-state index >= 15 is 0 Å². The highest BCUT2D eigenvalue weighted by molar-refractivity contribution is 6.30. The molecule has 1 unspecified atom stereocenters. The van der Waals surface area contributed by atoms with E-state index in [4.69, 9.17) is 16.6 Å². The summed E-state index contributed by atoms with van der Waals surface area (Å²) in [6, 6.07) is 12.6. The fourth-order valence-electron chi connectivity index (χ4n) is 4.44. The minimum Gasteiger partial charge on any atom is -0.333 e. The van der Waals surface area contributed by atoms with Gasteiger partial charge in [-0.25, -0.2) is 4.98 Å². The molecule has 1 aromatic heterocycles. The van der Waals surface area contributed by atoms with Gasteiger partial charge in [-0.2, -0.15) is 0 Å². The fourth-order valence-corrected chi connectivity index (χ4v) is 4.66. The smallest absolute Gasteiger partial charge is 0.266 e. The van der Waals surface area contributed by atoms with Gasteiger partial charge in [-0.05, 0) is 69.0 Å². The lowest BCUT2D eigenvalue weighted by Crippen LogP contribution is -2.43. The van der Waals surface area contributed by atoms with Gasteiger partial charge in [-0.3, -0.25) is 14.2 Å². The summed E-state index contributed by atoms with van der Waals surface area (Å²) in [4.78, 5) is 33.7. The van der Waals surface area contributed by atoms with Gasteiger partial charge in [-0.1, -0.05) is 37.1 Å². The van der Waals surface area contributed by atoms with E-state index in [1.807, 2.05) is 56.0 Å². The Morgan fingerprint density at radius 2 is 1.97 bits per heavy atom. The molecule has 162 valence electrons. The standard InChI is InChI=1S/C25H28ClN3O2/c1-4-21(28(5-2)24(30)17-9-8-10-17)23-27-20-12-7-6-11-19(20)25(31)29(23)22-14-13-18(26)15-16(22)3/h6-7,11-15,17,21H,4-5,8-10H2,1-3H3. The quantitative estimate of drug-likeness (QED) is 0.515. The fraction of sp³-hybridized carbons (Fsp3) is 0.400. The predicted octanol–water partition coefficient (Wildman–Crippen LogP) is 5.45. The summed E-state index contributed by atoms with van der Waals surface area (Å²) in [5, 5.41) is 1.18. The topological polar surface area (TPSA) is 55.2 Å². The number of halogens is 1. The number of nitrogens with zero attached hydrogens (tertiary/aromatic N) is 3. The van der Waals surface area contributed by atoms with Gasteiger partial charge in [0.2, 0.25) is 5.91 Å². The predicted molar refractivity (Wildman–Crippen MR) is 125 cm³/mol. The van der Waals surface area contributed by atoms with Crippen LogP contribution in [0.2, 0.25) is 5.02 Å². The molecule has 31 heavy (non-hydrogen) atoms. The molecule has 1 aliphatic rings. The molecule has 0 saturated heterocycles. The maximum Gasteiger partial charge on any atom is 0.266 e. The highest BCUT2D eigenvalue weighted by atomic mass is 35.5. The molecule has 1 amide bonds. The average molecular weight is 438 g/mol. The molecule has 4 rings (SSSR count).